The normalized spacial score (nSPS) is 25.0. The van der Waals surface area contributed by atoms with Crippen LogP contribution in [0.5, 0.6) is 0 Å². The van der Waals surface area contributed by atoms with Gasteiger partial charge in [-0.05, 0) is 45.6 Å². The van der Waals surface area contributed by atoms with Crippen LogP contribution in [0.25, 0.3) is 0 Å². The third kappa shape index (κ3) is 3.85. The molecule has 2 aliphatic rings. The summed E-state index contributed by atoms with van der Waals surface area (Å²) in [5.41, 5.74) is 9.57. The first kappa shape index (κ1) is 16.0. The van der Waals surface area contributed by atoms with E-state index in [1.807, 2.05) is 7.05 Å². The Balaban J connectivity index is 2.06. The SMILES string of the molecule is CN1CCC(N)(NC(=O)C2(OC(N)=O)CCCCC2)CC1. The van der Waals surface area contributed by atoms with Gasteiger partial charge in [-0.15, -0.1) is 0 Å². The average molecular weight is 298 g/mol. The summed E-state index contributed by atoms with van der Waals surface area (Å²) in [5, 5.41) is 2.91. The number of nitrogens with zero attached hydrogens (tertiary/aromatic N) is 1. The van der Waals surface area contributed by atoms with Crippen LogP contribution in [0.2, 0.25) is 0 Å². The van der Waals surface area contributed by atoms with Crippen molar-refractivity contribution in [3.63, 3.8) is 0 Å². The Labute approximate surface area is 125 Å². The summed E-state index contributed by atoms with van der Waals surface area (Å²) in [6, 6.07) is 0. The fourth-order valence-electron chi connectivity index (χ4n) is 3.17. The lowest BCUT2D eigenvalue weighted by molar-refractivity contribution is -0.145. The number of carbonyl (C=O) groups is 2. The fraction of sp³-hybridized carbons (Fsp3) is 0.857. The van der Waals surface area contributed by atoms with Crippen LogP contribution in [0, 0.1) is 0 Å². The van der Waals surface area contributed by atoms with E-state index in [1.165, 1.54) is 0 Å². The summed E-state index contributed by atoms with van der Waals surface area (Å²) < 4.78 is 5.21. The molecule has 1 saturated heterocycles. The van der Waals surface area contributed by atoms with Crippen molar-refractivity contribution in [2.75, 3.05) is 20.1 Å². The highest BCUT2D eigenvalue weighted by Gasteiger charge is 2.45. The van der Waals surface area contributed by atoms with E-state index in [9.17, 15) is 9.59 Å². The van der Waals surface area contributed by atoms with Crippen LogP contribution in [0.1, 0.15) is 44.9 Å². The number of nitrogens with one attached hydrogen (secondary N) is 1. The van der Waals surface area contributed by atoms with Crippen LogP contribution >= 0.6 is 0 Å². The van der Waals surface area contributed by atoms with Gasteiger partial charge in [0.2, 0.25) is 0 Å². The molecule has 0 aromatic heterocycles. The molecule has 21 heavy (non-hydrogen) atoms. The summed E-state index contributed by atoms with van der Waals surface area (Å²) in [6.45, 7) is 1.67. The Morgan fingerprint density at radius 1 is 1.10 bits per heavy atom. The van der Waals surface area contributed by atoms with Gasteiger partial charge in [0.25, 0.3) is 5.91 Å². The minimum atomic E-state index is -1.14. The van der Waals surface area contributed by atoms with E-state index in [2.05, 4.69) is 10.2 Å². The maximum atomic E-state index is 12.7. The summed E-state index contributed by atoms with van der Waals surface area (Å²) >= 11 is 0. The number of nitrogens with two attached hydrogens (primary N) is 2. The maximum absolute atomic E-state index is 12.7. The lowest BCUT2D eigenvalue weighted by Crippen LogP contribution is -2.65. The van der Waals surface area contributed by atoms with Crippen molar-refractivity contribution in [1.29, 1.82) is 0 Å². The number of carbonyl (C=O) groups excluding carboxylic acids is 2. The molecule has 1 heterocycles. The number of rotatable bonds is 3. The molecule has 2 amide bonds. The molecule has 0 spiro atoms. The van der Waals surface area contributed by atoms with Crippen LogP contribution in [0.15, 0.2) is 0 Å². The molecule has 2 fully saturated rings. The van der Waals surface area contributed by atoms with Crippen LogP contribution in [-0.4, -0.2) is 48.3 Å². The van der Waals surface area contributed by atoms with Crippen molar-refractivity contribution in [2.45, 2.75) is 56.2 Å². The minimum Gasteiger partial charge on any atom is -0.433 e. The van der Waals surface area contributed by atoms with Gasteiger partial charge in [0, 0.05) is 13.1 Å². The van der Waals surface area contributed by atoms with Gasteiger partial charge in [-0.2, -0.15) is 0 Å². The number of amides is 2. The largest absolute Gasteiger partial charge is 0.433 e. The molecule has 0 atom stereocenters. The zero-order valence-electron chi connectivity index (χ0n) is 12.7. The Bertz CT molecular complexity index is 399. The molecule has 120 valence electrons. The molecular formula is C14H26N4O3. The first-order chi connectivity index (χ1) is 9.85. The highest BCUT2D eigenvalue weighted by molar-refractivity contribution is 5.88. The summed E-state index contributed by atoms with van der Waals surface area (Å²) in [7, 11) is 2.03. The molecule has 7 heteroatoms. The Morgan fingerprint density at radius 3 is 2.19 bits per heavy atom. The molecule has 7 nitrogen and oxygen atoms in total. The van der Waals surface area contributed by atoms with E-state index in [0.29, 0.717) is 25.7 Å². The van der Waals surface area contributed by atoms with E-state index >= 15 is 0 Å². The van der Waals surface area contributed by atoms with Gasteiger partial charge in [0.1, 0.15) is 0 Å². The topological polar surface area (TPSA) is 111 Å². The molecule has 2 rings (SSSR count). The number of piperidine rings is 1. The molecule has 0 radical (unpaired) electrons. The second kappa shape index (κ2) is 6.19. The van der Waals surface area contributed by atoms with Crippen molar-refractivity contribution in [1.82, 2.24) is 10.2 Å². The Hall–Kier alpha value is -1.34. The second-order valence-corrected chi connectivity index (χ2v) is 6.39. The molecule has 0 aromatic carbocycles. The van der Waals surface area contributed by atoms with E-state index in [-0.39, 0.29) is 5.91 Å². The lowest BCUT2D eigenvalue weighted by atomic mass is 9.83. The van der Waals surface area contributed by atoms with Crippen molar-refractivity contribution in [2.24, 2.45) is 11.5 Å². The van der Waals surface area contributed by atoms with Gasteiger partial charge >= 0.3 is 6.09 Å². The quantitative estimate of drug-likeness (QED) is 0.648. The fourth-order valence-corrected chi connectivity index (χ4v) is 3.17. The summed E-state index contributed by atoms with van der Waals surface area (Å²) in [5.74, 6) is -0.298. The Morgan fingerprint density at radius 2 is 1.67 bits per heavy atom. The summed E-state index contributed by atoms with van der Waals surface area (Å²) in [6.07, 6.45) is 4.22. The third-order valence-corrected chi connectivity index (χ3v) is 4.61. The standard InChI is InChI=1S/C14H26N4O3/c1-18-9-7-14(16,8-10-18)17-11(19)13(21-12(15)20)5-3-2-4-6-13/h2-10,16H2,1H3,(H2,15,20)(H,17,19). The molecule has 1 saturated carbocycles. The average Bonchev–Trinajstić information content (AvgIpc) is 2.42. The molecule has 1 aliphatic carbocycles. The predicted octanol–water partition coefficient (Wildman–Crippen LogP) is 0.281. The van der Waals surface area contributed by atoms with Gasteiger partial charge in [-0.25, -0.2) is 4.79 Å². The lowest BCUT2D eigenvalue weighted by Gasteiger charge is -2.42. The monoisotopic (exact) mass is 298 g/mol. The van der Waals surface area contributed by atoms with Crippen molar-refractivity contribution >= 4 is 12.0 Å². The van der Waals surface area contributed by atoms with E-state index in [4.69, 9.17) is 16.2 Å². The number of hydrogen-bond acceptors (Lipinski definition) is 5. The third-order valence-electron chi connectivity index (χ3n) is 4.61. The van der Waals surface area contributed by atoms with Crippen LogP contribution in [0.4, 0.5) is 4.79 Å². The van der Waals surface area contributed by atoms with Crippen LogP contribution in [-0.2, 0) is 9.53 Å². The van der Waals surface area contributed by atoms with Gasteiger partial charge in [0.15, 0.2) is 5.60 Å². The maximum Gasteiger partial charge on any atom is 0.405 e. The molecule has 0 aromatic rings. The highest BCUT2D eigenvalue weighted by Crippen LogP contribution is 2.33. The zero-order chi connectivity index (χ0) is 15.5. The van der Waals surface area contributed by atoms with Crippen molar-refractivity contribution in [3.05, 3.63) is 0 Å². The summed E-state index contributed by atoms with van der Waals surface area (Å²) in [4.78, 5) is 26.0. The van der Waals surface area contributed by atoms with Crippen molar-refractivity contribution in [3.8, 4) is 0 Å². The Kier molecular flexibility index (Phi) is 4.73. The number of primary amides is 1. The molecule has 5 N–H and O–H groups in total. The first-order valence-corrected chi connectivity index (χ1v) is 7.64. The van der Waals surface area contributed by atoms with E-state index in [1.54, 1.807) is 0 Å². The van der Waals surface area contributed by atoms with Crippen LogP contribution < -0.4 is 16.8 Å². The zero-order valence-corrected chi connectivity index (χ0v) is 12.7. The van der Waals surface area contributed by atoms with Gasteiger partial charge in [0.05, 0.1) is 5.66 Å². The van der Waals surface area contributed by atoms with E-state index in [0.717, 1.165) is 32.4 Å². The number of hydrogen-bond donors (Lipinski definition) is 3. The smallest absolute Gasteiger partial charge is 0.405 e. The van der Waals surface area contributed by atoms with Crippen LogP contribution in [0.3, 0.4) is 0 Å². The first-order valence-electron chi connectivity index (χ1n) is 7.64. The van der Waals surface area contributed by atoms with Gasteiger partial charge in [-0.1, -0.05) is 6.42 Å². The minimum absolute atomic E-state index is 0.298. The second-order valence-electron chi connectivity index (χ2n) is 6.39. The molecule has 1 aliphatic heterocycles. The molecular weight excluding hydrogens is 272 g/mol. The number of ether oxygens (including phenoxy) is 1. The van der Waals surface area contributed by atoms with Gasteiger partial charge in [-0.3, -0.25) is 4.79 Å². The predicted molar refractivity (Wildman–Crippen MR) is 78.3 cm³/mol. The molecule has 0 bridgehead atoms. The molecule has 0 unspecified atom stereocenters. The van der Waals surface area contributed by atoms with E-state index < -0.39 is 17.4 Å². The number of likely N-dealkylation sites (tertiary alicyclic amines) is 1. The highest BCUT2D eigenvalue weighted by atomic mass is 16.6. The van der Waals surface area contributed by atoms with Gasteiger partial charge < -0.3 is 26.4 Å². The van der Waals surface area contributed by atoms with Crippen molar-refractivity contribution < 1.29 is 14.3 Å².